The van der Waals surface area contributed by atoms with E-state index in [4.69, 9.17) is 33.2 Å². The lowest BCUT2D eigenvalue weighted by atomic mass is 9.96. The SMILES string of the molecule is CCCCn1c2ccccc2c2cc(-c3ccc(-c4ccc(C=C(C5SC(=S)N(CC(=O)O)C5=O)C5SC(=S)N(CC(=O)O)C5=O)cc4)c4nsnc34)ccc21. The van der Waals surface area contributed by atoms with E-state index >= 15 is 0 Å². The summed E-state index contributed by atoms with van der Waals surface area (Å²) in [4.78, 5) is 52.1. The van der Waals surface area contributed by atoms with Gasteiger partial charge >= 0.3 is 11.9 Å². The highest BCUT2D eigenvalue weighted by Gasteiger charge is 2.48. The maximum atomic E-state index is 13.6. The Morgan fingerprint density at radius 3 is 1.89 bits per heavy atom. The van der Waals surface area contributed by atoms with Gasteiger partial charge in [-0.1, -0.05) is 128 Å². The highest BCUT2D eigenvalue weighted by molar-refractivity contribution is 8.25. The zero-order chi connectivity index (χ0) is 39.2. The van der Waals surface area contributed by atoms with Crippen LogP contribution in [-0.4, -0.2) is 89.3 Å². The van der Waals surface area contributed by atoms with Crippen LogP contribution in [0.5, 0.6) is 0 Å². The van der Waals surface area contributed by atoms with Gasteiger partial charge in [0.05, 0.1) is 11.7 Å². The number of rotatable bonds is 12. The Balaban J connectivity index is 1.14. The van der Waals surface area contributed by atoms with Crippen LogP contribution < -0.4 is 0 Å². The number of para-hydroxylation sites is 1. The summed E-state index contributed by atoms with van der Waals surface area (Å²) in [6, 6.07) is 26.8. The minimum Gasteiger partial charge on any atom is -0.480 e. The van der Waals surface area contributed by atoms with Crippen LogP contribution in [0.15, 0.2) is 84.4 Å². The van der Waals surface area contributed by atoms with E-state index in [2.05, 4.69) is 60.0 Å². The molecular formula is C40H31N5O6S5. The molecule has 282 valence electrons. The summed E-state index contributed by atoms with van der Waals surface area (Å²) < 4.78 is 12.0. The van der Waals surface area contributed by atoms with Gasteiger partial charge in [-0.3, -0.25) is 29.0 Å². The summed E-state index contributed by atoms with van der Waals surface area (Å²) in [7, 11) is 0. The lowest BCUT2D eigenvalue weighted by Crippen LogP contribution is -2.39. The minimum atomic E-state index is -1.23. The average Bonchev–Trinajstić information content (AvgIpc) is 3.94. The smallest absolute Gasteiger partial charge is 0.323 e. The normalized spacial score (nSPS) is 17.2. The number of carbonyl (C=O) groups excluding carboxylic acids is 2. The van der Waals surface area contributed by atoms with Gasteiger partial charge in [0.1, 0.15) is 43.3 Å². The van der Waals surface area contributed by atoms with Gasteiger partial charge in [-0.15, -0.1) is 0 Å². The molecule has 0 bridgehead atoms. The molecule has 4 heterocycles. The van der Waals surface area contributed by atoms with Gasteiger partial charge in [-0.25, -0.2) is 0 Å². The van der Waals surface area contributed by atoms with Crippen molar-refractivity contribution in [1.29, 1.82) is 0 Å². The standard InChI is InChI=1S/C40H31N5O6S5/c1-2-3-16-43-29-7-5-4-6-26(29)27-18-23(12-15-30(27)43)25-14-13-24(33-34(25)42-56-41-33)22-10-8-21(9-11-22)17-28(35-37(50)44(19-31(46)47)39(52)54-35)36-38(51)45(20-32(48)49)40(53)55-36/h4-15,17-18,35-36H,2-3,16,19-20H2,1H3,(H,46,47)(H,48,49). The van der Waals surface area contributed by atoms with Crippen molar-refractivity contribution in [3.8, 4) is 22.3 Å². The largest absolute Gasteiger partial charge is 0.480 e. The van der Waals surface area contributed by atoms with Crippen molar-refractivity contribution in [3.63, 3.8) is 0 Å². The summed E-state index contributed by atoms with van der Waals surface area (Å²) in [5.74, 6) is -3.59. The average molecular weight is 838 g/mol. The Morgan fingerprint density at radius 2 is 1.30 bits per heavy atom. The van der Waals surface area contributed by atoms with Crippen LogP contribution in [0.3, 0.4) is 0 Å². The molecule has 2 N–H and O–H groups in total. The van der Waals surface area contributed by atoms with Gasteiger partial charge in [0.15, 0.2) is 0 Å². The Morgan fingerprint density at radius 1 is 0.750 bits per heavy atom. The third-order valence-electron chi connectivity index (χ3n) is 9.84. The van der Waals surface area contributed by atoms with E-state index in [1.807, 2.05) is 30.3 Å². The van der Waals surface area contributed by atoms with Gasteiger partial charge in [0.2, 0.25) is 11.8 Å². The molecule has 0 spiro atoms. The lowest BCUT2D eigenvalue weighted by Gasteiger charge is -2.19. The molecule has 2 amide bonds. The predicted molar refractivity (Wildman–Crippen MR) is 231 cm³/mol. The second kappa shape index (κ2) is 15.5. The summed E-state index contributed by atoms with van der Waals surface area (Å²) in [6.45, 7) is 1.93. The fourth-order valence-electron chi connectivity index (χ4n) is 7.22. The molecule has 0 aliphatic carbocycles. The molecule has 0 radical (unpaired) electrons. The molecule has 2 atom stereocenters. The number of carboxylic acids is 2. The monoisotopic (exact) mass is 837 g/mol. The molecule has 2 aromatic heterocycles. The number of aromatic nitrogens is 3. The summed E-state index contributed by atoms with van der Waals surface area (Å²) in [5.41, 5.74) is 8.79. The number of unbranched alkanes of at least 4 members (excludes halogenated alkanes) is 1. The van der Waals surface area contributed by atoms with Crippen molar-refractivity contribution in [2.75, 3.05) is 13.1 Å². The van der Waals surface area contributed by atoms with Crippen LogP contribution in [0.2, 0.25) is 0 Å². The number of carbonyl (C=O) groups is 4. The number of fused-ring (bicyclic) bond motifs is 4. The molecule has 4 aromatic carbocycles. The highest BCUT2D eigenvalue weighted by atomic mass is 32.2. The van der Waals surface area contributed by atoms with E-state index in [-0.39, 0.29) is 8.64 Å². The number of thiocarbonyl (C=S) groups is 2. The molecule has 2 saturated heterocycles. The van der Waals surface area contributed by atoms with E-state index in [0.29, 0.717) is 11.1 Å². The maximum Gasteiger partial charge on any atom is 0.323 e. The number of benzene rings is 4. The molecule has 0 saturated carbocycles. The number of hydrogen-bond acceptors (Lipinski definition) is 11. The Bertz CT molecular complexity index is 2620. The molecule has 6 aromatic rings. The van der Waals surface area contributed by atoms with Crippen molar-refractivity contribution >= 4 is 131 Å². The first kappa shape index (κ1) is 37.9. The lowest BCUT2D eigenvalue weighted by molar-refractivity contribution is -0.141. The minimum absolute atomic E-state index is 0.0760. The Labute approximate surface area is 343 Å². The van der Waals surface area contributed by atoms with Gasteiger partial charge in [-0.2, -0.15) is 8.75 Å². The fourth-order valence-corrected chi connectivity index (χ4v) is 10.9. The summed E-state index contributed by atoms with van der Waals surface area (Å²) >= 11 is 13.8. The molecular weight excluding hydrogens is 807 g/mol. The molecule has 2 aliphatic heterocycles. The van der Waals surface area contributed by atoms with Crippen molar-refractivity contribution in [2.45, 2.75) is 36.8 Å². The number of amides is 2. The molecule has 8 rings (SSSR count). The molecule has 11 nitrogen and oxygen atoms in total. The van der Waals surface area contributed by atoms with Crippen LogP contribution in [-0.2, 0) is 25.7 Å². The van der Waals surface area contributed by atoms with Crippen LogP contribution >= 0.6 is 59.7 Å². The molecule has 56 heavy (non-hydrogen) atoms. The van der Waals surface area contributed by atoms with E-state index in [0.717, 1.165) is 97.7 Å². The van der Waals surface area contributed by atoms with Crippen molar-refractivity contribution in [2.24, 2.45) is 0 Å². The molecule has 2 fully saturated rings. The van der Waals surface area contributed by atoms with Crippen LogP contribution in [0.1, 0.15) is 25.3 Å². The van der Waals surface area contributed by atoms with E-state index in [9.17, 15) is 29.4 Å². The number of carboxylic acid groups (broad SMARTS) is 2. The van der Waals surface area contributed by atoms with Crippen molar-refractivity contribution < 1.29 is 29.4 Å². The van der Waals surface area contributed by atoms with Crippen molar-refractivity contribution in [3.05, 3.63) is 90.0 Å². The second-order valence-electron chi connectivity index (χ2n) is 13.3. The fraction of sp³-hybridized carbons (Fsp3) is 0.200. The molecule has 2 unspecified atom stereocenters. The van der Waals surface area contributed by atoms with Gasteiger partial charge < -0.3 is 14.8 Å². The highest BCUT2D eigenvalue weighted by Crippen LogP contribution is 2.43. The van der Waals surface area contributed by atoms with Gasteiger partial charge in [0, 0.05) is 39.5 Å². The first-order chi connectivity index (χ1) is 27.0. The predicted octanol–water partition coefficient (Wildman–Crippen LogP) is 7.94. The topological polar surface area (TPSA) is 146 Å². The number of hydrogen-bond donors (Lipinski definition) is 2. The van der Waals surface area contributed by atoms with Crippen LogP contribution in [0.4, 0.5) is 0 Å². The third kappa shape index (κ3) is 6.89. The number of aliphatic carboxylic acids is 2. The van der Waals surface area contributed by atoms with Gasteiger partial charge in [-0.05, 0) is 46.9 Å². The quantitative estimate of drug-likeness (QED) is 0.115. The van der Waals surface area contributed by atoms with E-state index in [1.54, 1.807) is 6.08 Å². The molecule has 16 heteroatoms. The first-order valence-corrected chi connectivity index (χ1v) is 20.9. The van der Waals surface area contributed by atoms with Gasteiger partial charge in [0.25, 0.3) is 0 Å². The van der Waals surface area contributed by atoms with Crippen LogP contribution in [0.25, 0.3) is 61.2 Å². The first-order valence-electron chi connectivity index (χ1n) is 17.6. The van der Waals surface area contributed by atoms with E-state index < -0.39 is 47.3 Å². The zero-order valence-corrected chi connectivity index (χ0v) is 33.7. The van der Waals surface area contributed by atoms with Crippen molar-refractivity contribution in [1.82, 2.24) is 23.1 Å². The summed E-state index contributed by atoms with van der Waals surface area (Å²) in [5, 5.41) is 19.2. The second-order valence-corrected chi connectivity index (χ2v) is 17.3. The van der Waals surface area contributed by atoms with E-state index in [1.165, 1.54) is 21.8 Å². The number of aryl methyl sites for hydroxylation is 1. The maximum absolute atomic E-state index is 13.6. The summed E-state index contributed by atoms with van der Waals surface area (Å²) in [6.07, 6.45) is 3.92. The Kier molecular flexibility index (Phi) is 10.5. The third-order valence-corrected chi connectivity index (χ3v) is 13.6. The Hall–Kier alpha value is -5.00. The zero-order valence-electron chi connectivity index (χ0n) is 29.6. The number of thioether (sulfide) groups is 2. The number of nitrogens with zero attached hydrogens (tertiary/aromatic N) is 5. The van der Waals surface area contributed by atoms with Crippen LogP contribution in [0, 0.1) is 0 Å². The molecule has 2 aliphatic rings.